The summed E-state index contributed by atoms with van der Waals surface area (Å²) in [5, 5.41) is 1.88. The van der Waals surface area contributed by atoms with Crippen LogP contribution >= 0.6 is 0 Å². The van der Waals surface area contributed by atoms with Crippen LogP contribution in [0.25, 0.3) is 0 Å². The van der Waals surface area contributed by atoms with E-state index in [1.54, 1.807) is 25.8 Å². The summed E-state index contributed by atoms with van der Waals surface area (Å²) in [6.07, 6.45) is 13.2. The molecular weight excluding hydrogens is 507 g/mol. The normalized spacial score (nSPS) is 25.7. The van der Waals surface area contributed by atoms with Crippen molar-refractivity contribution in [3.63, 3.8) is 0 Å². The Morgan fingerprint density at radius 1 is 0.938 bits per heavy atom. The summed E-state index contributed by atoms with van der Waals surface area (Å²) >= 11 is 2.44. The summed E-state index contributed by atoms with van der Waals surface area (Å²) in [5.41, 5.74) is 7.85. The SMILES string of the molecule is CCC(C)C1(CC2([SiH2]c3cc(C)cc(C)c3)C(C)=C(C)C(C)=[C]2[Ti+3])C=CC=CC1.[Cl-].[Cl-].[Cl-]. The van der Waals surface area contributed by atoms with Crippen molar-refractivity contribution in [2.45, 2.75) is 72.8 Å². The van der Waals surface area contributed by atoms with Crippen LogP contribution in [0.5, 0.6) is 0 Å². The van der Waals surface area contributed by atoms with E-state index >= 15 is 0 Å². The predicted molar refractivity (Wildman–Crippen MR) is 127 cm³/mol. The summed E-state index contributed by atoms with van der Waals surface area (Å²) in [7, 11) is -0.538. The Kier molecular flexibility index (Phi) is 12.6. The molecule has 0 radical (unpaired) electrons. The van der Waals surface area contributed by atoms with Gasteiger partial charge in [-0.05, 0) is 0 Å². The first-order valence-electron chi connectivity index (χ1n) is 11.2. The molecule has 0 saturated heterocycles. The molecule has 2 aliphatic carbocycles. The zero-order valence-electron chi connectivity index (χ0n) is 20.6. The second-order valence-corrected chi connectivity index (χ2v) is 12.9. The molecule has 0 spiro atoms. The topological polar surface area (TPSA) is 0 Å². The number of aryl methyl sites for hydroxylation is 2. The van der Waals surface area contributed by atoms with Gasteiger partial charge in [0, 0.05) is 0 Å². The predicted octanol–water partition coefficient (Wildman–Crippen LogP) is -2.62. The molecule has 0 aliphatic heterocycles. The van der Waals surface area contributed by atoms with Gasteiger partial charge in [0.25, 0.3) is 0 Å². The summed E-state index contributed by atoms with van der Waals surface area (Å²) in [6.45, 7) is 16.5. The van der Waals surface area contributed by atoms with Crippen LogP contribution in [0.2, 0.25) is 5.04 Å². The molecule has 2 aliphatic rings. The third-order valence-corrected chi connectivity index (χ3v) is 12.3. The third kappa shape index (κ3) is 5.96. The molecule has 0 saturated carbocycles. The van der Waals surface area contributed by atoms with Gasteiger partial charge in [0.05, 0.1) is 0 Å². The van der Waals surface area contributed by atoms with E-state index in [1.165, 1.54) is 30.4 Å². The largest absolute Gasteiger partial charge is 1.00 e. The Hall–Kier alpha value is -0.0188. The van der Waals surface area contributed by atoms with E-state index in [0.29, 0.717) is 5.92 Å². The van der Waals surface area contributed by atoms with Gasteiger partial charge >= 0.3 is 193 Å². The Bertz CT molecular complexity index is 885. The van der Waals surface area contributed by atoms with Crippen molar-refractivity contribution >= 4 is 14.7 Å². The molecule has 0 aromatic heterocycles. The summed E-state index contributed by atoms with van der Waals surface area (Å²) in [5.74, 6) is 0.690. The van der Waals surface area contributed by atoms with Crippen LogP contribution in [0.4, 0.5) is 0 Å². The van der Waals surface area contributed by atoms with Gasteiger partial charge in [-0.2, -0.15) is 0 Å². The monoisotopic (exact) mass is 542 g/mol. The number of halogens is 3. The number of benzene rings is 1. The van der Waals surface area contributed by atoms with E-state index in [0.717, 1.165) is 0 Å². The number of rotatable bonds is 6. The van der Waals surface area contributed by atoms with E-state index in [9.17, 15) is 0 Å². The van der Waals surface area contributed by atoms with Crippen molar-refractivity contribution in [2.75, 3.05) is 0 Å². The van der Waals surface area contributed by atoms with Crippen LogP contribution in [0, 0.1) is 25.2 Å². The molecule has 0 nitrogen and oxygen atoms in total. The average molecular weight is 544 g/mol. The maximum Gasteiger partial charge on any atom is -1.00 e. The zero-order valence-corrected chi connectivity index (χ0v) is 25.8. The maximum atomic E-state index is 2.56. The van der Waals surface area contributed by atoms with Gasteiger partial charge in [-0.15, -0.1) is 0 Å². The van der Waals surface area contributed by atoms with Gasteiger partial charge < -0.3 is 37.2 Å². The van der Waals surface area contributed by atoms with E-state index < -0.39 is 9.52 Å². The minimum atomic E-state index is -0.538. The van der Waals surface area contributed by atoms with Gasteiger partial charge in [0.2, 0.25) is 0 Å². The van der Waals surface area contributed by atoms with Gasteiger partial charge in [0.15, 0.2) is 0 Å². The van der Waals surface area contributed by atoms with Crippen LogP contribution in [0.3, 0.4) is 0 Å². The number of hydrogen-bond acceptors (Lipinski definition) is 0. The van der Waals surface area contributed by atoms with Crippen molar-refractivity contribution in [3.05, 3.63) is 74.2 Å². The Morgan fingerprint density at radius 3 is 1.97 bits per heavy atom. The fourth-order valence-corrected chi connectivity index (χ4v) is 9.96. The first-order valence-corrected chi connectivity index (χ1v) is 13.4. The van der Waals surface area contributed by atoms with Crippen molar-refractivity contribution in [1.82, 2.24) is 0 Å². The molecular formula is C27H37Cl3SiTi. The van der Waals surface area contributed by atoms with E-state index in [1.807, 2.05) is 0 Å². The summed E-state index contributed by atoms with van der Waals surface area (Å²) in [4.78, 5) is 0. The molecule has 0 N–H and O–H groups in total. The zero-order chi connectivity index (χ0) is 21.4. The van der Waals surface area contributed by atoms with Crippen LogP contribution in [0.15, 0.2) is 63.1 Å². The first-order chi connectivity index (χ1) is 13.6. The average Bonchev–Trinajstić information content (AvgIpc) is 2.83. The molecule has 1 aromatic rings. The molecule has 3 atom stereocenters. The smallest absolute Gasteiger partial charge is 1.00 e. The van der Waals surface area contributed by atoms with Crippen LogP contribution in [0.1, 0.15) is 65.0 Å². The van der Waals surface area contributed by atoms with Crippen LogP contribution in [-0.4, -0.2) is 9.52 Å². The van der Waals surface area contributed by atoms with Gasteiger partial charge in [-0.25, -0.2) is 0 Å². The number of hydrogen-bond donors (Lipinski definition) is 0. The quantitative estimate of drug-likeness (QED) is 0.345. The van der Waals surface area contributed by atoms with Gasteiger partial charge in [-0.3, -0.25) is 0 Å². The van der Waals surface area contributed by atoms with Crippen molar-refractivity contribution < 1.29 is 57.7 Å². The molecule has 0 amide bonds. The molecule has 5 heteroatoms. The van der Waals surface area contributed by atoms with Crippen LogP contribution < -0.4 is 42.4 Å². The van der Waals surface area contributed by atoms with E-state index in [2.05, 4.69) is 111 Å². The molecule has 0 heterocycles. The Balaban J connectivity index is 0.00000320. The first kappa shape index (κ1) is 32.0. The second kappa shape index (κ2) is 12.6. The number of allylic oxidation sites excluding steroid dienone is 8. The third-order valence-electron chi connectivity index (χ3n) is 7.88. The molecule has 1 aromatic carbocycles. The van der Waals surface area contributed by atoms with Gasteiger partial charge in [-0.1, -0.05) is 0 Å². The molecule has 32 heavy (non-hydrogen) atoms. The molecule has 174 valence electrons. The molecule has 3 rings (SSSR count). The summed E-state index contributed by atoms with van der Waals surface area (Å²) < 4.78 is 1.66. The van der Waals surface area contributed by atoms with E-state index in [4.69, 9.17) is 0 Å². The second-order valence-electron chi connectivity index (χ2n) is 9.72. The van der Waals surface area contributed by atoms with Crippen molar-refractivity contribution in [3.8, 4) is 0 Å². The summed E-state index contributed by atoms with van der Waals surface area (Å²) in [6, 6.07) is 7.25. The van der Waals surface area contributed by atoms with Crippen molar-refractivity contribution in [2.24, 2.45) is 11.3 Å². The van der Waals surface area contributed by atoms with E-state index in [-0.39, 0.29) is 47.7 Å². The van der Waals surface area contributed by atoms with Gasteiger partial charge in [0.1, 0.15) is 0 Å². The minimum absolute atomic E-state index is 0. The maximum absolute atomic E-state index is 2.56. The Labute approximate surface area is 229 Å². The van der Waals surface area contributed by atoms with Crippen LogP contribution in [-0.2, 0) is 20.4 Å². The molecule has 0 bridgehead atoms. The fourth-order valence-electron chi connectivity index (χ4n) is 5.72. The Morgan fingerprint density at radius 2 is 1.53 bits per heavy atom. The fraction of sp³-hybridized carbons (Fsp3) is 0.481. The standard InChI is InChI=1S/C27H37Si.3ClH.Ti/c1-8-22(5)26(12-10-9-11-13-26)18-27(17-21(4)23(6)24(27)7)28-25-15-19(2)14-20(3)16-25;;;;/h9-12,14-16,22H,8,13,18,28H2,1-7H3;3*1H;/q;;;;+3/p-3. The van der Waals surface area contributed by atoms with Crippen molar-refractivity contribution in [1.29, 1.82) is 0 Å². The molecule has 0 fully saturated rings. The molecule has 3 unspecified atom stereocenters. The minimum Gasteiger partial charge on any atom is -1.00 e.